The molecule has 0 atom stereocenters. The highest BCUT2D eigenvalue weighted by molar-refractivity contribution is 6.42. The third-order valence-corrected chi connectivity index (χ3v) is 6.30. The Morgan fingerprint density at radius 1 is 1.14 bits per heavy atom. The molecule has 2 aromatic carbocycles. The first kappa shape index (κ1) is 20.2. The number of carbonyl (C=O) groups is 1. The number of fused-ring (bicyclic) bond motifs is 1. The molecule has 1 fully saturated rings. The van der Waals surface area contributed by atoms with Gasteiger partial charge in [-0.3, -0.25) is 9.69 Å². The normalized spacial score (nSPS) is 15.7. The molecule has 0 bridgehead atoms. The van der Waals surface area contributed by atoms with Crippen LogP contribution >= 0.6 is 23.2 Å². The van der Waals surface area contributed by atoms with E-state index in [1.165, 1.54) is 5.52 Å². The third-order valence-electron chi connectivity index (χ3n) is 5.56. The highest BCUT2D eigenvalue weighted by Gasteiger charge is 2.22. The number of piperidine rings is 1. The number of rotatable bonds is 5. The van der Waals surface area contributed by atoms with E-state index in [-0.39, 0.29) is 5.91 Å². The van der Waals surface area contributed by atoms with Gasteiger partial charge in [-0.1, -0.05) is 35.3 Å². The van der Waals surface area contributed by atoms with Crippen molar-refractivity contribution in [3.8, 4) is 0 Å². The molecule has 0 unspecified atom stereocenters. The first-order chi connectivity index (χ1) is 14.0. The van der Waals surface area contributed by atoms with Gasteiger partial charge in [0, 0.05) is 12.2 Å². The summed E-state index contributed by atoms with van der Waals surface area (Å²) in [5.74, 6) is 1.63. The predicted molar refractivity (Wildman–Crippen MR) is 119 cm³/mol. The van der Waals surface area contributed by atoms with Crippen molar-refractivity contribution in [2.45, 2.75) is 26.3 Å². The number of hydrogen-bond acceptors (Lipinski definition) is 3. The summed E-state index contributed by atoms with van der Waals surface area (Å²) in [6, 6.07) is 13.4. The maximum Gasteiger partial charge on any atom is 0.238 e. The average molecular weight is 431 g/mol. The summed E-state index contributed by atoms with van der Waals surface area (Å²) in [5.41, 5.74) is 2.93. The minimum Gasteiger partial charge on any atom is -0.328 e. The van der Waals surface area contributed by atoms with Crippen LogP contribution in [0.25, 0.3) is 11.0 Å². The minimum absolute atomic E-state index is 0.0294. The number of halogens is 2. The molecule has 2 heterocycles. The van der Waals surface area contributed by atoms with E-state index in [4.69, 9.17) is 23.2 Å². The molecule has 0 spiro atoms. The Kier molecular flexibility index (Phi) is 6.09. The van der Waals surface area contributed by atoms with Gasteiger partial charge in [0.15, 0.2) is 0 Å². The molecule has 3 aromatic rings. The van der Waals surface area contributed by atoms with Gasteiger partial charge < -0.3 is 9.88 Å². The van der Waals surface area contributed by atoms with E-state index < -0.39 is 0 Å². The zero-order valence-electron chi connectivity index (χ0n) is 16.4. The summed E-state index contributed by atoms with van der Waals surface area (Å²) in [5, 5.41) is 3.81. The lowest BCUT2D eigenvalue weighted by Crippen LogP contribution is -2.40. The first-order valence-corrected chi connectivity index (χ1v) is 10.6. The van der Waals surface area contributed by atoms with Gasteiger partial charge in [-0.2, -0.15) is 0 Å². The van der Waals surface area contributed by atoms with Crippen LogP contribution in [0, 0.1) is 12.8 Å². The van der Waals surface area contributed by atoms with Crippen molar-refractivity contribution in [1.82, 2.24) is 14.5 Å². The molecule has 1 aliphatic heterocycles. The van der Waals surface area contributed by atoms with Crippen molar-refractivity contribution in [3.63, 3.8) is 0 Å². The number of aromatic nitrogens is 2. The average Bonchev–Trinajstić information content (AvgIpc) is 3.01. The molecule has 1 aliphatic rings. The van der Waals surface area contributed by atoms with E-state index in [1.807, 2.05) is 6.07 Å². The first-order valence-electron chi connectivity index (χ1n) is 9.89. The zero-order chi connectivity index (χ0) is 20.4. The van der Waals surface area contributed by atoms with E-state index in [2.05, 4.69) is 44.9 Å². The van der Waals surface area contributed by atoms with Crippen LogP contribution < -0.4 is 5.32 Å². The lowest BCUT2D eigenvalue weighted by molar-refractivity contribution is -0.117. The molecular weight excluding hydrogens is 407 g/mol. The SMILES string of the molecule is Cc1nc2ccccc2n1CC1CCN(CC(=O)Nc2ccc(Cl)c(Cl)c2)CC1. The molecular formula is C22H24Cl2N4O. The lowest BCUT2D eigenvalue weighted by Gasteiger charge is -2.31. The fraction of sp³-hybridized carbons (Fsp3) is 0.364. The van der Waals surface area contributed by atoms with E-state index in [9.17, 15) is 4.79 Å². The molecule has 1 N–H and O–H groups in total. The molecule has 7 heteroatoms. The summed E-state index contributed by atoms with van der Waals surface area (Å²) < 4.78 is 2.33. The number of hydrogen-bond donors (Lipinski definition) is 1. The molecule has 0 aliphatic carbocycles. The molecule has 0 saturated carbocycles. The van der Waals surface area contributed by atoms with Crippen LogP contribution in [-0.2, 0) is 11.3 Å². The molecule has 1 saturated heterocycles. The van der Waals surface area contributed by atoms with Crippen LogP contribution in [-0.4, -0.2) is 40.0 Å². The number of likely N-dealkylation sites (tertiary alicyclic amines) is 1. The Labute approximate surface area is 180 Å². The Morgan fingerprint density at radius 2 is 1.90 bits per heavy atom. The van der Waals surface area contributed by atoms with Gasteiger partial charge in [0.2, 0.25) is 5.91 Å². The number of benzene rings is 2. The predicted octanol–water partition coefficient (Wildman–Crippen LogP) is 5.00. The van der Waals surface area contributed by atoms with Crippen LogP contribution in [0.1, 0.15) is 18.7 Å². The Bertz CT molecular complexity index is 1020. The largest absolute Gasteiger partial charge is 0.328 e. The molecule has 152 valence electrons. The Balaban J connectivity index is 1.29. The van der Waals surface area contributed by atoms with Gasteiger partial charge in [0.1, 0.15) is 5.82 Å². The molecule has 29 heavy (non-hydrogen) atoms. The van der Waals surface area contributed by atoms with E-state index in [1.54, 1.807) is 18.2 Å². The maximum atomic E-state index is 12.4. The van der Waals surface area contributed by atoms with Crippen LogP contribution in [0.3, 0.4) is 0 Å². The number of nitrogens with zero attached hydrogens (tertiary/aromatic N) is 3. The second-order valence-corrected chi connectivity index (χ2v) is 8.47. The molecule has 1 amide bonds. The van der Waals surface area contributed by atoms with Gasteiger partial charge >= 0.3 is 0 Å². The van der Waals surface area contributed by atoms with Crippen LogP contribution in [0.15, 0.2) is 42.5 Å². The topological polar surface area (TPSA) is 50.2 Å². The van der Waals surface area contributed by atoms with E-state index in [0.717, 1.165) is 43.8 Å². The van der Waals surface area contributed by atoms with Crippen molar-refractivity contribution >= 4 is 45.8 Å². The number of amides is 1. The second kappa shape index (κ2) is 8.74. The summed E-state index contributed by atoms with van der Waals surface area (Å²) in [6.07, 6.45) is 2.15. The van der Waals surface area contributed by atoms with Crippen molar-refractivity contribution in [1.29, 1.82) is 0 Å². The van der Waals surface area contributed by atoms with Crippen molar-refractivity contribution in [2.75, 3.05) is 25.0 Å². The Morgan fingerprint density at radius 3 is 2.66 bits per heavy atom. The van der Waals surface area contributed by atoms with Gasteiger partial charge in [-0.15, -0.1) is 0 Å². The highest BCUT2D eigenvalue weighted by atomic mass is 35.5. The highest BCUT2D eigenvalue weighted by Crippen LogP contribution is 2.26. The molecule has 4 rings (SSSR count). The van der Waals surface area contributed by atoms with E-state index in [0.29, 0.717) is 28.2 Å². The maximum absolute atomic E-state index is 12.4. The third kappa shape index (κ3) is 4.74. The number of imidazole rings is 1. The number of anilines is 1. The smallest absolute Gasteiger partial charge is 0.238 e. The standard InChI is InChI=1S/C22H24Cl2N4O/c1-15-25-20-4-2-3-5-21(20)28(15)13-16-8-10-27(11-9-16)14-22(29)26-17-6-7-18(23)19(24)12-17/h2-7,12,16H,8-11,13-14H2,1H3,(H,26,29). The van der Waals surface area contributed by atoms with Crippen LogP contribution in [0.4, 0.5) is 5.69 Å². The number of aryl methyl sites for hydroxylation is 1. The van der Waals surface area contributed by atoms with Gasteiger partial charge in [0.05, 0.1) is 27.6 Å². The number of nitrogens with one attached hydrogen (secondary N) is 1. The summed E-state index contributed by atoms with van der Waals surface area (Å²) in [7, 11) is 0. The number of carbonyl (C=O) groups excluding carboxylic acids is 1. The second-order valence-electron chi connectivity index (χ2n) is 7.65. The van der Waals surface area contributed by atoms with Crippen LogP contribution in [0.5, 0.6) is 0 Å². The summed E-state index contributed by atoms with van der Waals surface area (Å²) in [6.45, 7) is 5.29. The molecule has 5 nitrogen and oxygen atoms in total. The van der Waals surface area contributed by atoms with Crippen molar-refractivity contribution in [2.24, 2.45) is 5.92 Å². The quantitative estimate of drug-likeness (QED) is 0.619. The monoisotopic (exact) mass is 430 g/mol. The molecule has 0 radical (unpaired) electrons. The fourth-order valence-corrected chi connectivity index (χ4v) is 4.29. The zero-order valence-corrected chi connectivity index (χ0v) is 17.9. The summed E-state index contributed by atoms with van der Waals surface area (Å²) >= 11 is 11.9. The van der Waals surface area contributed by atoms with E-state index >= 15 is 0 Å². The van der Waals surface area contributed by atoms with Crippen molar-refractivity contribution in [3.05, 3.63) is 58.3 Å². The lowest BCUT2D eigenvalue weighted by atomic mass is 9.96. The van der Waals surface area contributed by atoms with Gasteiger partial charge in [-0.05, 0) is 69.1 Å². The number of para-hydroxylation sites is 2. The van der Waals surface area contributed by atoms with Crippen LogP contribution in [0.2, 0.25) is 10.0 Å². The summed E-state index contributed by atoms with van der Waals surface area (Å²) in [4.78, 5) is 19.2. The molecule has 1 aromatic heterocycles. The Hall–Kier alpha value is -2.08. The van der Waals surface area contributed by atoms with Gasteiger partial charge in [0.25, 0.3) is 0 Å². The minimum atomic E-state index is -0.0294. The van der Waals surface area contributed by atoms with Crippen molar-refractivity contribution < 1.29 is 4.79 Å². The fourth-order valence-electron chi connectivity index (χ4n) is 3.99. The van der Waals surface area contributed by atoms with Gasteiger partial charge in [-0.25, -0.2) is 4.98 Å².